The Bertz CT molecular complexity index is 988. The molecule has 1 aliphatic heterocycles. The van der Waals surface area contributed by atoms with Crippen LogP contribution in [-0.4, -0.2) is 62.0 Å². The summed E-state index contributed by atoms with van der Waals surface area (Å²) in [7, 11) is 1.62. The number of carbonyl (C=O) groups is 3. The summed E-state index contributed by atoms with van der Waals surface area (Å²) >= 11 is 5.93. The minimum Gasteiger partial charge on any atom is -0.385 e. The van der Waals surface area contributed by atoms with E-state index >= 15 is 0 Å². The van der Waals surface area contributed by atoms with Crippen LogP contribution < -0.4 is 10.6 Å². The third kappa shape index (κ3) is 6.81. The van der Waals surface area contributed by atoms with Gasteiger partial charge in [-0.05, 0) is 68.0 Å². The van der Waals surface area contributed by atoms with E-state index in [9.17, 15) is 14.4 Å². The van der Waals surface area contributed by atoms with Gasteiger partial charge in [-0.3, -0.25) is 14.4 Å². The number of nitrogens with zero attached hydrogens (tertiary/aromatic N) is 1. The van der Waals surface area contributed by atoms with Crippen molar-refractivity contribution in [2.45, 2.75) is 32.2 Å². The summed E-state index contributed by atoms with van der Waals surface area (Å²) in [6, 6.07) is 13.5. The lowest BCUT2D eigenvalue weighted by Crippen LogP contribution is -2.54. The molecule has 0 saturated carbocycles. The fourth-order valence-corrected chi connectivity index (χ4v) is 4.32. The van der Waals surface area contributed by atoms with E-state index in [-0.39, 0.29) is 23.6 Å². The van der Waals surface area contributed by atoms with Crippen molar-refractivity contribution in [2.24, 2.45) is 5.92 Å². The predicted molar refractivity (Wildman–Crippen MR) is 132 cm³/mol. The number of piperidine rings is 1. The van der Waals surface area contributed by atoms with E-state index in [0.29, 0.717) is 61.7 Å². The Morgan fingerprint density at radius 1 is 1.09 bits per heavy atom. The van der Waals surface area contributed by atoms with Gasteiger partial charge in [-0.25, -0.2) is 0 Å². The molecule has 1 atom stereocenters. The SMILES string of the molecule is COCCCNC(=O)C(NC(=O)c1ccccc1C)C1CCN(C(=O)c2ccc(Cl)cc2)CC1. The first-order chi connectivity index (χ1) is 16.4. The highest BCUT2D eigenvalue weighted by molar-refractivity contribution is 6.30. The standard InChI is InChI=1S/C26H32ClN3O4/c1-18-6-3-4-7-22(18)24(31)29-23(25(32)28-14-5-17-34-2)19-12-15-30(16-13-19)26(33)20-8-10-21(27)11-9-20/h3-4,6-11,19,23H,5,12-17H2,1-2H3,(H,28,32)(H,29,31). The average Bonchev–Trinajstić information content (AvgIpc) is 2.85. The molecule has 0 spiro atoms. The van der Waals surface area contributed by atoms with Crippen LogP contribution in [0.4, 0.5) is 0 Å². The molecule has 2 N–H and O–H groups in total. The number of carbonyl (C=O) groups excluding carboxylic acids is 3. The molecule has 182 valence electrons. The molecule has 0 bridgehead atoms. The molecule has 0 radical (unpaired) electrons. The van der Waals surface area contributed by atoms with Gasteiger partial charge >= 0.3 is 0 Å². The molecule has 1 unspecified atom stereocenters. The number of aryl methyl sites for hydroxylation is 1. The monoisotopic (exact) mass is 485 g/mol. The first kappa shape index (κ1) is 25.7. The Labute approximate surface area is 205 Å². The number of benzene rings is 2. The molecule has 7 nitrogen and oxygen atoms in total. The smallest absolute Gasteiger partial charge is 0.253 e. The normalized spacial score (nSPS) is 15.0. The average molecular weight is 486 g/mol. The summed E-state index contributed by atoms with van der Waals surface area (Å²) in [4.78, 5) is 40.7. The van der Waals surface area contributed by atoms with Crippen molar-refractivity contribution < 1.29 is 19.1 Å². The third-order valence-electron chi connectivity index (χ3n) is 6.17. The van der Waals surface area contributed by atoms with Gasteiger partial charge in [-0.15, -0.1) is 0 Å². The molecule has 8 heteroatoms. The number of rotatable bonds is 9. The van der Waals surface area contributed by atoms with E-state index in [2.05, 4.69) is 10.6 Å². The van der Waals surface area contributed by atoms with Crippen molar-refractivity contribution in [1.82, 2.24) is 15.5 Å². The number of methoxy groups -OCH3 is 1. The second-order valence-electron chi connectivity index (χ2n) is 8.54. The molecule has 34 heavy (non-hydrogen) atoms. The maximum absolute atomic E-state index is 13.1. The van der Waals surface area contributed by atoms with E-state index in [1.54, 1.807) is 42.3 Å². The van der Waals surface area contributed by atoms with Gasteiger partial charge in [0.2, 0.25) is 5.91 Å². The Morgan fingerprint density at radius 2 is 1.76 bits per heavy atom. The second kappa shape index (κ2) is 12.5. The third-order valence-corrected chi connectivity index (χ3v) is 6.42. The van der Waals surface area contributed by atoms with Gasteiger partial charge < -0.3 is 20.3 Å². The number of halogens is 1. The van der Waals surface area contributed by atoms with Crippen LogP contribution in [0.1, 0.15) is 45.5 Å². The molecule has 2 aromatic carbocycles. The van der Waals surface area contributed by atoms with Crippen LogP contribution in [0.5, 0.6) is 0 Å². The van der Waals surface area contributed by atoms with Crippen LogP contribution >= 0.6 is 11.6 Å². The van der Waals surface area contributed by atoms with Crippen LogP contribution in [-0.2, 0) is 9.53 Å². The molecule has 1 fully saturated rings. The fraction of sp³-hybridized carbons (Fsp3) is 0.423. The van der Waals surface area contributed by atoms with Crippen molar-refractivity contribution in [1.29, 1.82) is 0 Å². The Morgan fingerprint density at radius 3 is 2.41 bits per heavy atom. The van der Waals surface area contributed by atoms with Crippen molar-refractivity contribution >= 4 is 29.3 Å². The van der Waals surface area contributed by atoms with Crippen molar-refractivity contribution in [3.05, 3.63) is 70.2 Å². The molecule has 0 aromatic heterocycles. The van der Waals surface area contributed by atoms with Gasteiger partial charge in [0.25, 0.3) is 11.8 Å². The highest BCUT2D eigenvalue weighted by Crippen LogP contribution is 2.23. The second-order valence-corrected chi connectivity index (χ2v) is 8.98. The zero-order chi connectivity index (χ0) is 24.5. The predicted octanol–water partition coefficient (Wildman–Crippen LogP) is 3.45. The molecule has 2 aromatic rings. The van der Waals surface area contributed by atoms with Crippen molar-refractivity contribution in [3.63, 3.8) is 0 Å². The lowest BCUT2D eigenvalue weighted by atomic mass is 9.88. The minimum absolute atomic E-state index is 0.0559. The number of hydrogen-bond donors (Lipinski definition) is 2. The Balaban J connectivity index is 1.67. The Hall–Kier alpha value is -2.90. The van der Waals surface area contributed by atoms with Gasteiger partial charge in [0.15, 0.2) is 0 Å². The number of amides is 3. The number of hydrogen-bond acceptors (Lipinski definition) is 4. The topological polar surface area (TPSA) is 87.7 Å². The quantitative estimate of drug-likeness (QED) is 0.532. The van der Waals surface area contributed by atoms with Gasteiger partial charge in [-0.2, -0.15) is 0 Å². The van der Waals surface area contributed by atoms with Crippen molar-refractivity contribution in [2.75, 3.05) is 33.4 Å². The van der Waals surface area contributed by atoms with Crippen LogP contribution in [0, 0.1) is 12.8 Å². The van der Waals surface area contributed by atoms with Crippen LogP contribution in [0.2, 0.25) is 5.02 Å². The van der Waals surface area contributed by atoms with E-state index in [0.717, 1.165) is 5.56 Å². The Kier molecular flexibility index (Phi) is 9.48. The molecular weight excluding hydrogens is 454 g/mol. The molecule has 3 amide bonds. The van der Waals surface area contributed by atoms with Gasteiger partial charge in [0.05, 0.1) is 0 Å². The lowest BCUT2D eigenvalue weighted by molar-refractivity contribution is -0.124. The van der Waals surface area contributed by atoms with Gasteiger partial charge in [0.1, 0.15) is 6.04 Å². The van der Waals surface area contributed by atoms with Crippen LogP contribution in [0.3, 0.4) is 0 Å². The summed E-state index contributed by atoms with van der Waals surface area (Å²) in [5, 5.41) is 6.47. The summed E-state index contributed by atoms with van der Waals surface area (Å²) in [5.74, 6) is -0.611. The number of ether oxygens (including phenoxy) is 1. The maximum Gasteiger partial charge on any atom is 0.253 e. The summed E-state index contributed by atoms with van der Waals surface area (Å²) in [6.07, 6.45) is 1.92. The molecule has 3 rings (SSSR count). The maximum atomic E-state index is 13.1. The largest absolute Gasteiger partial charge is 0.385 e. The minimum atomic E-state index is -0.678. The summed E-state index contributed by atoms with van der Waals surface area (Å²) in [6.45, 7) is 3.91. The van der Waals surface area contributed by atoms with Crippen LogP contribution in [0.25, 0.3) is 0 Å². The fourth-order valence-electron chi connectivity index (χ4n) is 4.19. The summed E-state index contributed by atoms with van der Waals surface area (Å²) in [5.41, 5.74) is 1.99. The number of nitrogens with one attached hydrogen (secondary N) is 2. The number of likely N-dealkylation sites (tertiary alicyclic amines) is 1. The zero-order valence-corrected chi connectivity index (χ0v) is 20.4. The van der Waals surface area contributed by atoms with Gasteiger partial charge in [-0.1, -0.05) is 29.8 Å². The molecule has 1 saturated heterocycles. The zero-order valence-electron chi connectivity index (χ0n) is 19.7. The molecule has 1 aliphatic rings. The van der Waals surface area contributed by atoms with E-state index < -0.39 is 6.04 Å². The summed E-state index contributed by atoms with van der Waals surface area (Å²) < 4.78 is 5.05. The first-order valence-electron chi connectivity index (χ1n) is 11.6. The van der Waals surface area contributed by atoms with Crippen molar-refractivity contribution in [3.8, 4) is 0 Å². The molecule has 1 heterocycles. The lowest BCUT2D eigenvalue weighted by Gasteiger charge is -2.36. The van der Waals surface area contributed by atoms with E-state index in [4.69, 9.17) is 16.3 Å². The molecular formula is C26H32ClN3O4. The van der Waals surface area contributed by atoms with Crippen LogP contribution in [0.15, 0.2) is 48.5 Å². The molecule has 0 aliphatic carbocycles. The highest BCUT2D eigenvalue weighted by atomic mass is 35.5. The first-order valence-corrected chi connectivity index (χ1v) is 12.0. The highest BCUT2D eigenvalue weighted by Gasteiger charge is 2.34. The van der Waals surface area contributed by atoms with E-state index in [1.165, 1.54) is 0 Å². The van der Waals surface area contributed by atoms with E-state index in [1.807, 2.05) is 25.1 Å². The van der Waals surface area contributed by atoms with Gasteiger partial charge in [0, 0.05) is 49.5 Å².